The molecule has 1 aromatic carbocycles. The largest absolute Gasteiger partial charge is 0.352 e. The predicted molar refractivity (Wildman–Crippen MR) is 125 cm³/mol. The Bertz CT molecular complexity index is 1080. The van der Waals surface area contributed by atoms with Gasteiger partial charge in [0, 0.05) is 25.0 Å². The number of thioether (sulfide) groups is 1. The van der Waals surface area contributed by atoms with E-state index in [1.807, 2.05) is 6.26 Å². The molecule has 2 aliphatic rings. The van der Waals surface area contributed by atoms with Crippen molar-refractivity contribution in [2.75, 3.05) is 25.1 Å². The van der Waals surface area contributed by atoms with Crippen LogP contribution < -0.4 is 10.6 Å². The molecule has 12 heteroatoms. The van der Waals surface area contributed by atoms with E-state index < -0.39 is 16.1 Å². The number of aromatic nitrogens is 2. The third-order valence-electron chi connectivity index (χ3n) is 5.86. The molecule has 0 bridgehead atoms. The molecule has 1 aromatic heterocycles. The molecular formula is C20H27N5O4S3. The summed E-state index contributed by atoms with van der Waals surface area (Å²) in [7, 11) is -3.72. The van der Waals surface area contributed by atoms with Gasteiger partial charge < -0.3 is 10.6 Å². The minimum absolute atomic E-state index is 0.125. The van der Waals surface area contributed by atoms with E-state index in [-0.39, 0.29) is 41.8 Å². The average molecular weight is 498 g/mol. The van der Waals surface area contributed by atoms with Crippen LogP contribution >= 0.6 is 23.5 Å². The maximum Gasteiger partial charge on any atom is 0.245 e. The van der Waals surface area contributed by atoms with E-state index in [1.165, 1.54) is 4.31 Å². The number of rotatable bonds is 9. The summed E-state index contributed by atoms with van der Waals surface area (Å²) in [6.45, 7) is 0.496. The van der Waals surface area contributed by atoms with Crippen molar-refractivity contribution in [2.45, 2.75) is 49.1 Å². The number of carbonyl (C=O) groups excluding carboxylic acids is 2. The zero-order valence-corrected chi connectivity index (χ0v) is 20.3. The molecule has 2 aromatic rings. The van der Waals surface area contributed by atoms with Crippen LogP contribution in [0.15, 0.2) is 23.1 Å². The molecular weight excluding hydrogens is 470 g/mol. The van der Waals surface area contributed by atoms with E-state index in [0.717, 1.165) is 30.3 Å². The Hall–Kier alpha value is -1.76. The van der Waals surface area contributed by atoms with Crippen molar-refractivity contribution in [3.63, 3.8) is 0 Å². The normalized spacial score (nSPS) is 19.0. The zero-order valence-electron chi connectivity index (χ0n) is 17.8. The molecule has 1 saturated carbocycles. The van der Waals surface area contributed by atoms with Gasteiger partial charge in [-0.25, -0.2) is 8.42 Å². The number of hydrogen-bond donors (Lipinski definition) is 2. The van der Waals surface area contributed by atoms with Gasteiger partial charge in [-0.15, -0.1) is 0 Å². The van der Waals surface area contributed by atoms with Crippen LogP contribution in [-0.4, -0.2) is 70.5 Å². The Balaban J connectivity index is 1.37. The second kappa shape index (κ2) is 10.0. The van der Waals surface area contributed by atoms with Crippen molar-refractivity contribution in [3.05, 3.63) is 18.2 Å². The maximum atomic E-state index is 13.2. The molecule has 4 rings (SSSR count). The second-order valence-corrected chi connectivity index (χ2v) is 11.6. The molecule has 9 nitrogen and oxygen atoms in total. The van der Waals surface area contributed by atoms with Crippen LogP contribution in [0, 0.1) is 5.92 Å². The molecule has 32 heavy (non-hydrogen) atoms. The monoisotopic (exact) mass is 497 g/mol. The van der Waals surface area contributed by atoms with E-state index in [0.29, 0.717) is 30.3 Å². The van der Waals surface area contributed by atoms with Gasteiger partial charge in [0.25, 0.3) is 0 Å². The van der Waals surface area contributed by atoms with Crippen molar-refractivity contribution in [1.82, 2.24) is 23.7 Å². The number of sulfonamides is 1. The number of nitrogens with zero attached hydrogens (tertiary/aromatic N) is 3. The highest BCUT2D eigenvalue weighted by Gasteiger charge is 2.35. The highest BCUT2D eigenvalue weighted by Crippen LogP contribution is 2.28. The van der Waals surface area contributed by atoms with Crippen LogP contribution in [-0.2, 0) is 19.6 Å². The van der Waals surface area contributed by atoms with E-state index in [2.05, 4.69) is 19.4 Å². The molecule has 1 aliphatic carbocycles. The van der Waals surface area contributed by atoms with Gasteiger partial charge in [0.05, 0.1) is 11.7 Å². The molecule has 2 amide bonds. The van der Waals surface area contributed by atoms with Gasteiger partial charge in [0.15, 0.2) is 0 Å². The number of hydrogen-bond acceptors (Lipinski definition) is 8. The molecule has 0 radical (unpaired) electrons. The first-order valence-corrected chi connectivity index (χ1v) is 14.3. The molecule has 2 heterocycles. The van der Waals surface area contributed by atoms with Crippen molar-refractivity contribution < 1.29 is 18.0 Å². The molecule has 174 valence electrons. The fourth-order valence-corrected chi connectivity index (χ4v) is 6.50. The number of nitrogens with one attached hydrogen (secondary N) is 2. The Morgan fingerprint density at radius 2 is 1.97 bits per heavy atom. The van der Waals surface area contributed by atoms with Gasteiger partial charge in [-0.1, -0.05) is 6.07 Å². The van der Waals surface area contributed by atoms with E-state index in [1.54, 1.807) is 30.0 Å². The maximum absolute atomic E-state index is 13.2. The SMILES string of the molecule is CSCC[C@@H](NC(=O)C1CCN(S(=O)(=O)c2cccc3nsnc23)CC1)C(=O)NC1CC1. The first kappa shape index (κ1) is 23.4. The highest BCUT2D eigenvalue weighted by molar-refractivity contribution is 7.98. The highest BCUT2D eigenvalue weighted by atomic mass is 32.2. The van der Waals surface area contributed by atoms with Crippen LogP contribution in [0.2, 0.25) is 0 Å². The van der Waals surface area contributed by atoms with Crippen molar-refractivity contribution in [2.24, 2.45) is 5.92 Å². The fraction of sp³-hybridized carbons (Fsp3) is 0.600. The minimum atomic E-state index is -3.72. The van der Waals surface area contributed by atoms with Crippen molar-refractivity contribution in [3.8, 4) is 0 Å². The lowest BCUT2D eigenvalue weighted by atomic mass is 9.96. The van der Waals surface area contributed by atoms with E-state index in [4.69, 9.17) is 0 Å². The number of benzene rings is 1. The van der Waals surface area contributed by atoms with Crippen LogP contribution in [0.5, 0.6) is 0 Å². The third kappa shape index (κ3) is 5.24. The summed E-state index contributed by atoms with van der Waals surface area (Å²) in [6, 6.07) is 4.64. The van der Waals surface area contributed by atoms with E-state index in [9.17, 15) is 18.0 Å². The molecule has 2 fully saturated rings. The van der Waals surface area contributed by atoms with Crippen LogP contribution in [0.3, 0.4) is 0 Å². The first-order chi connectivity index (χ1) is 15.4. The molecule has 1 atom stereocenters. The van der Waals surface area contributed by atoms with Gasteiger partial charge in [0.1, 0.15) is 22.0 Å². The topological polar surface area (TPSA) is 121 Å². The summed E-state index contributed by atoms with van der Waals surface area (Å²) < 4.78 is 36.0. The van der Waals surface area contributed by atoms with Crippen LogP contribution in [0.25, 0.3) is 11.0 Å². The number of piperidine rings is 1. The summed E-state index contributed by atoms with van der Waals surface area (Å²) >= 11 is 2.62. The van der Waals surface area contributed by atoms with Gasteiger partial charge in [-0.2, -0.15) is 24.8 Å². The Morgan fingerprint density at radius 1 is 1.22 bits per heavy atom. The smallest absolute Gasteiger partial charge is 0.245 e. The second-order valence-electron chi connectivity index (χ2n) is 8.19. The van der Waals surface area contributed by atoms with Gasteiger partial charge in [0.2, 0.25) is 21.8 Å². The summed E-state index contributed by atoms with van der Waals surface area (Å²) in [4.78, 5) is 25.5. The van der Waals surface area contributed by atoms with Gasteiger partial charge in [-0.05, 0) is 56.2 Å². The zero-order chi connectivity index (χ0) is 22.7. The number of carbonyl (C=O) groups is 2. The lowest BCUT2D eigenvalue weighted by Gasteiger charge is -2.31. The average Bonchev–Trinajstić information content (AvgIpc) is 3.47. The molecule has 2 N–H and O–H groups in total. The minimum Gasteiger partial charge on any atom is -0.352 e. The number of amides is 2. The standard InChI is InChI=1S/C20H27N5O4S3/c1-30-12-9-16(20(27)21-14-5-6-14)22-19(26)13-7-10-25(11-8-13)32(28,29)17-4-2-3-15-18(17)24-31-23-15/h2-4,13-14,16H,5-12H2,1H3,(H,21,27)(H,22,26)/t16-/m1/s1. The quantitative estimate of drug-likeness (QED) is 0.540. The van der Waals surface area contributed by atoms with Crippen LogP contribution in [0.1, 0.15) is 32.1 Å². The predicted octanol–water partition coefficient (Wildman–Crippen LogP) is 1.61. The molecule has 1 aliphatic heterocycles. The number of fused-ring (bicyclic) bond motifs is 1. The van der Waals surface area contributed by atoms with Gasteiger partial charge in [-0.3, -0.25) is 9.59 Å². The third-order valence-corrected chi connectivity index (χ3v) is 8.98. The lowest BCUT2D eigenvalue weighted by Crippen LogP contribution is -2.51. The lowest BCUT2D eigenvalue weighted by molar-refractivity contribution is -0.132. The molecule has 1 saturated heterocycles. The summed E-state index contributed by atoms with van der Waals surface area (Å²) in [5.74, 6) is 0.157. The Kier molecular flexibility index (Phi) is 7.33. The van der Waals surface area contributed by atoms with Crippen molar-refractivity contribution in [1.29, 1.82) is 0 Å². The molecule has 0 spiro atoms. The fourth-order valence-electron chi connectivity index (χ4n) is 3.81. The van der Waals surface area contributed by atoms with Crippen molar-refractivity contribution >= 4 is 56.4 Å². The van der Waals surface area contributed by atoms with E-state index >= 15 is 0 Å². The Labute approximate surface area is 196 Å². The Morgan fingerprint density at radius 3 is 2.66 bits per heavy atom. The van der Waals surface area contributed by atoms with Gasteiger partial charge >= 0.3 is 0 Å². The summed E-state index contributed by atoms with van der Waals surface area (Å²) in [5, 5.41) is 5.88. The van der Waals surface area contributed by atoms with Crippen LogP contribution in [0.4, 0.5) is 0 Å². The summed E-state index contributed by atoms with van der Waals surface area (Å²) in [6.07, 6.45) is 5.35. The first-order valence-electron chi connectivity index (χ1n) is 10.7. The molecule has 0 unspecified atom stereocenters. The summed E-state index contributed by atoms with van der Waals surface area (Å²) in [5.41, 5.74) is 0.946.